The number of carbonyl (C=O) groups excluding carboxylic acids is 1. The molecule has 0 bridgehead atoms. The van der Waals surface area contributed by atoms with Gasteiger partial charge in [-0.3, -0.25) is 4.79 Å². The van der Waals surface area contributed by atoms with Gasteiger partial charge in [-0.25, -0.2) is 9.97 Å². The van der Waals surface area contributed by atoms with Gasteiger partial charge in [-0.1, -0.05) is 0 Å². The summed E-state index contributed by atoms with van der Waals surface area (Å²) >= 11 is 0. The molecule has 24 heavy (non-hydrogen) atoms. The highest BCUT2D eigenvalue weighted by Gasteiger charge is 2.38. The molecule has 1 unspecified atom stereocenters. The zero-order valence-electron chi connectivity index (χ0n) is 14.0. The molecule has 1 aliphatic rings. The first-order chi connectivity index (χ1) is 11.0. The second-order valence-electron chi connectivity index (χ2n) is 6.36. The first-order valence-electron chi connectivity index (χ1n) is 7.41. The number of carbonyl (C=O) groups is 1. The van der Waals surface area contributed by atoms with Crippen molar-refractivity contribution in [1.82, 2.24) is 14.9 Å². The molecule has 1 saturated heterocycles. The predicted molar refractivity (Wildman–Crippen MR) is 78.5 cm³/mol. The number of nitrogens with zero attached hydrogens (tertiary/aromatic N) is 3. The van der Waals surface area contributed by atoms with E-state index in [4.69, 9.17) is 9.47 Å². The van der Waals surface area contributed by atoms with Crippen LogP contribution in [0.4, 0.5) is 13.2 Å². The Morgan fingerprint density at radius 2 is 2.12 bits per heavy atom. The zero-order chi connectivity index (χ0) is 18.1. The molecule has 134 valence electrons. The third-order valence-electron chi connectivity index (χ3n) is 3.45. The van der Waals surface area contributed by atoms with Crippen molar-refractivity contribution < 1.29 is 27.4 Å². The van der Waals surface area contributed by atoms with Gasteiger partial charge in [-0.2, -0.15) is 13.2 Å². The maximum absolute atomic E-state index is 12.9. The summed E-state index contributed by atoms with van der Waals surface area (Å²) in [5, 5.41) is 0. The van der Waals surface area contributed by atoms with Crippen LogP contribution < -0.4 is 0 Å². The number of aryl methyl sites for hydroxylation is 1. The first-order valence-corrected chi connectivity index (χ1v) is 7.41. The van der Waals surface area contributed by atoms with E-state index in [1.807, 2.05) is 13.8 Å². The summed E-state index contributed by atoms with van der Waals surface area (Å²) < 4.78 is 49.4. The fourth-order valence-corrected chi connectivity index (χ4v) is 2.69. The van der Waals surface area contributed by atoms with Crippen LogP contribution in [0.15, 0.2) is 6.07 Å². The van der Waals surface area contributed by atoms with E-state index >= 15 is 0 Å². The summed E-state index contributed by atoms with van der Waals surface area (Å²) in [5.41, 5.74) is -0.822. The van der Waals surface area contributed by atoms with Gasteiger partial charge in [0, 0.05) is 25.9 Å². The summed E-state index contributed by atoms with van der Waals surface area (Å²) in [6.07, 6.45) is -5.06. The Kier molecular flexibility index (Phi) is 5.14. The van der Waals surface area contributed by atoms with E-state index in [-0.39, 0.29) is 37.2 Å². The summed E-state index contributed by atoms with van der Waals surface area (Å²) in [4.78, 5) is 20.8. The van der Waals surface area contributed by atoms with Crippen molar-refractivity contribution in [1.29, 1.82) is 0 Å². The van der Waals surface area contributed by atoms with Gasteiger partial charge < -0.3 is 14.4 Å². The summed E-state index contributed by atoms with van der Waals surface area (Å²) in [7, 11) is 1.51. The van der Waals surface area contributed by atoms with Gasteiger partial charge in [-0.15, -0.1) is 0 Å². The molecule has 0 N–H and O–H groups in total. The predicted octanol–water partition coefficient (Wildman–Crippen LogP) is 2.07. The molecule has 1 amide bonds. The van der Waals surface area contributed by atoms with Crippen LogP contribution in [0.2, 0.25) is 0 Å². The van der Waals surface area contributed by atoms with Crippen molar-refractivity contribution >= 4 is 5.91 Å². The average Bonchev–Trinajstić information content (AvgIpc) is 2.43. The lowest BCUT2D eigenvalue weighted by molar-refractivity contribution is -0.146. The van der Waals surface area contributed by atoms with Crippen LogP contribution in [0, 0.1) is 6.92 Å². The minimum atomic E-state index is -4.70. The van der Waals surface area contributed by atoms with Gasteiger partial charge in [0.05, 0.1) is 18.3 Å². The molecule has 1 aliphatic heterocycles. The van der Waals surface area contributed by atoms with Crippen molar-refractivity contribution in [3.8, 4) is 0 Å². The van der Waals surface area contributed by atoms with Gasteiger partial charge in [0.1, 0.15) is 5.69 Å². The number of amides is 1. The molecule has 0 aromatic carbocycles. The SMILES string of the molecule is COCC1CN(C(=O)c2cc(C)nc(C(F)(F)F)n2)CC(C)(C)O1. The molecular formula is C15H20F3N3O3. The van der Waals surface area contributed by atoms with Gasteiger partial charge in [-0.05, 0) is 26.8 Å². The lowest BCUT2D eigenvalue weighted by atomic mass is 10.0. The lowest BCUT2D eigenvalue weighted by Gasteiger charge is -2.42. The van der Waals surface area contributed by atoms with Crippen molar-refractivity contribution in [3.05, 3.63) is 23.3 Å². The third kappa shape index (κ3) is 4.41. The zero-order valence-corrected chi connectivity index (χ0v) is 14.0. The van der Waals surface area contributed by atoms with E-state index < -0.39 is 23.5 Å². The van der Waals surface area contributed by atoms with Crippen LogP contribution in [0.1, 0.15) is 35.9 Å². The lowest BCUT2D eigenvalue weighted by Crippen LogP contribution is -2.55. The number of hydrogen-bond donors (Lipinski definition) is 0. The second-order valence-corrected chi connectivity index (χ2v) is 6.36. The van der Waals surface area contributed by atoms with E-state index in [0.717, 1.165) is 0 Å². The number of rotatable bonds is 3. The Bertz CT molecular complexity index is 620. The quantitative estimate of drug-likeness (QED) is 0.838. The van der Waals surface area contributed by atoms with Crippen LogP contribution in [-0.4, -0.2) is 59.3 Å². The number of ether oxygens (including phenoxy) is 2. The molecule has 1 fully saturated rings. The molecule has 0 spiro atoms. The van der Waals surface area contributed by atoms with Crippen molar-refractivity contribution in [2.75, 3.05) is 26.8 Å². The van der Waals surface area contributed by atoms with Gasteiger partial charge in [0.25, 0.3) is 5.91 Å². The average molecular weight is 347 g/mol. The Balaban J connectivity index is 2.29. The number of aromatic nitrogens is 2. The molecule has 2 rings (SSSR count). The second kappa shape index (κ2) is 6.64. The Morgan fingerprint density at radius 3 is 2.71 bits per heavy atom. The standard InChI is InChI=1S/C15H20F3N3O3/c1-9-5-11(20-13(19-9)15(16,17)18)12(22)21-6-10(7-23-4)24-14(2,3)8-21/h5,10H,6-8H2,1-4H3. The molecule has 2 heterocycles. The Labute approximate surface area is 138 Å². The number of methoxy groups -OCH3 is 1. The van der Waals surface area contributed by atoms with E-state index in [9.17, 15) is 18.0 Å². The number of alkyl halides is 3. The monoisotopic (exact) mass is 347 g/mol. The summed E-state index contributed by atoms with van der Waals surface area (Å²) in [5.74, 6) is -1.89. The Morgan fingerprint density at radius 1 is 1.46 bits per heavy atom. The molecule has 1 aromatic rings. The molecule has 1 aromatic heterocycles. The highest BCUT2D eigenvalue weighted by Crippen LogP contribution is 2.27. The smallest absolute Gasteiger partial charge is 0.382 e. The topological polar surface area (TPSA) is 64.5 Å². The maximum Gasteiger partial charge on any atom is 0.451 e. The van der Waals surface area contributed by atoms with Crippen LogP contribution in [0.25, 0.3) is 0 Å². The molecular weight excluding hydrogens is 327 g/mol. The minimum Gasteiger partial charge on any atom is -0.382 e. The van der Waals surface area contributed by atoms with Gasteiger partial charge in [0.2, 0.25) is 5.82 Å². The number of morpholine rings is 1. The van der Waals surface area contributed by atoms with E-state index in [1.165, 1.54) is 25.0 Å². The fraction of sp³-hybridized carbons (Fsp3) is 0.667. The normalized spacial score (nSPS) is 21.0. The maximum atomic E-state index is 12.9. The molecule has 0 aliphatic carbocycles. The minimum absolute atomic E-state index is 0.0848. The summed E-state index contributed by atoms with van der Waals surface area (Å²) in [6.45, 7) is 5.76. The number of hydrogen-bond acceptors (Lipinski definition) is 5. The van der Waals surface area contributed by atoms with E-state index in [1.54, 1.807) is 0 Å². The van der Waals surface area contributed by atoms with Gasteiger partial charge >= 0.3 is 6.18 Å². The first kappa shape index (κ1) is 18.6. The van der Waals surface area contributed by atoms with E-state index in [0.29, 0.717) is 0 Å². The molecule has 0 radical (unpaired) electrons. The molecule has 1 atom stereocenters. The van der Waals surface area contributed by atoms with Crippen molar-refractivity contribution in [2.24, 2.45) is 0 Å². The van der Waals surface area contributed by atoms with Crippen LogP contribution >= 0.6 is 0 Å². The number of halogens is 3. The van der Waals surface area contributed by atoms with Crippen LogP contribution in [0.3, 0.4) is 0 Å². The Hall–Kier alpha value is -1.74. The third-order valence-corrected chi connectivity index (χ3v) is 3.45. The van der Waals surface area contributed by atoms with E-state index in [2.05, 4.69) is 9.97 Å². The largest absolute Gasteiger partial charge is 0.451 e. The van der Waals surface area contributed by atoms with Crippen molar-refractivity contribution in [2.45, 2.75) is 38.7 Å². The molecule has 0 saturated carbocycles. The summed E-state index contributed by atoms with van der Waals surface area (Å²) in [6, 6.07) is 1.26. The highest BCUT2D eigenvalue weighted by molar-refractivity contribution is 5.92. The highest BCUT2D eigenvalue weighted by atomic mass is 19.4. The van der Waals surface area contributed by atoms with Crippen molar-refractivity contribution in [3.63, 3.8) is 0 Å². The van der Waals surface area contributed by atoms with Crippen LogP contribution in [-0.2, 0) is 15.7 Å². The van der Waals surface area contributed by atoms with Gasteiger partial charge in [0.15, 0.2) is 0 Å². The molecule has 9 heteroatoms. The fourth-order valence-electron chi connectivity index (χ4n) is 2.69. The molecule has 6 nitrogen and oxygen atoms in total. The van der Waals surface area contributed by atoms with Crippen LogP contribution in [0.5, 0.6) is 0 Å².